The molecule has 1 fully saturated rings. The van der Waals surface area contributed by atoms with Crippen LogP contribution >= 0.6 is 15.9 Å². The van der Waals surface area contributed by atoms with Crippen molar-refractivity contribution < 1.29 is 9.90 Å². The van der Waals surface area contributed by atoms with Gasteiger partial charge in [-0.15, -0.1) is 0 Å². The van der Waals surface area contributed by atoms with Crippen molar-refractivity contribution >= 4 is 21.8 Å². The van der Waals surface area contributed by atoms with Crippen LogP contribution in [0.3, 0.4) is 0 Å². The third-order valence-electron chi connectivity index (χ3n) is 3.80. The van der Waals surface area contributed by atoms with E-state index >= 15 is 0 Å². The first-order valence-electron chi connectivity index (χ1n) is 7.06. The van der Waals surface area contributed by atoms with Crippen LogP contribution in [-0.2, 0) is 10.2 Å². The van der Waals surface area contributed by atoms with Gasteiger partial charge in [0.15, 0.2) is 0 Å². The lowest BCUT2D eigenvalue weighted by atomic mass is 9.93. The van der Waals surface area contributed by atoms with Crippen LogP contribution in [0.25, 0.3) is 0 Å². The summed E-state index contributed by atoms with van der Waals surface area (Å²) in [4.78, 5) is 14.6. The molecular formula is C16H22BrNO2. The van der Waals surface area contributed by atoms with Gasteiger partial charge in [0.05, 0.1) is 11.0 Å². The first kappa shape index (κ1) is 15.5. The molecule has 1 saturated carbocycles. The van der Waals surface area contributed by atoms with Gasteiger partial charge in [-0.2, -0.15) is 0 Å². The number of amides is 1. The summed E-state index contributed by atoms with van der Waals surface area (Å²) in [6, 6.07) is 8.00. The third kappa shape index (κ3) is 3.23. The number of hydrogen-bond donors (Lipinski definition) is 1. The third-order valence-corrected chi connectivity index (χ3v) is 4.33. The Hall–Kier alpha value is -0.870. The monoisotopic (exact) mass is 339 g/mol. The van der Waals surface area contributed by atoms with Crippen LogP contribution in [0.2, 0.25) is 0 Å². The van der Waals surface area contributed by atoms with Crippen LogP contribution in [0.4, 0.5) is 0 Å². The normalized spacial score (nSPS) is 16.9. The van der Waals surface area contributed by atoms with Gasteiger partial charge in [0.25, 0.3) is 0 Å². The van der Waals surface area contributed by atoms with Crippen molar-refractivity contribution in [3.8, 4) is 0 Å². The van der Waals surface area contributed by atoms with Crippen molar-refractivity contribution in [2.24, 2.45) is 0 Å². The fraction of sp³-hybridized carbons (Fsp3) is 0.562. The highest BCUT2D eigenvalue weighted by atomic mass is 79.9. The number of benzene rings is 1. The summed E-state index contributed by atoms with van der Waals surface area (Å²) in [5.41, 5.74) is -0.136. The molecule has 1 amide bonds. The van der Waals surface area contributed by atoms with E-state index < -0.39 is 5.60 Å². The largest absolute Gasteiger partial charge is 0.389 e. The van der Waals surface area contributed by atoms with E-state index in [1.807, 2.05) is 31.2 Å². The minimum absolute atomic E-state index is 0.143. The number of carbonyl (C=O) groups excluding carboxylic acids is 1. The van der Waals surface area contributed by atoms with Crippen LogP contribution in [0.5, 0.6) is 0 Å². The van der Waals surface area contributed by atoms with Gasteiger partial charge in [-0.25, -0.2) is 0 Å². The van der Waals surface area contributed by atoms with E-state index in [0.29, 0.717) is 13.1 Å². The highest BCUT2D eigenvalue weighted by molar-refractivity contribution is 9.10. The summed E-state index contributed by atoms with van der Waals surface area (Å²) in [5.74, 6) is 0.143. The lowest BCUT2D eigenvalue weighted by Crippen LogP contribution is -2.46. The maximum atomic E-state index is 12.8. The van der Waals surface area contributed by atoms with Crippen molar-refractivity contribution in [1.82, 2.24) is 4.90 Å². The van der Waals surface area contributed by atoms with Gasteiger partial charge in [-0.3, -0.25) is 4.79 Å². The second-order valence-electron chi connectivity index (χ2n) is 6.22. The first-order chi connectivity index (χ1) is 9.28. The molecule has 0 saturated heterocycles. The number of halogens is 1. The lowest BCUT2D eigenvalue weighted by Gasteiger charge is -2.31. The highest BCUT2D eigenvalue weighted by Gasteiger charge is 2.53. The number of aliphatic hydroxyl groups is 1. The van der Waals surface area contributed by atoms with E-state index in [-0.39, 0.29) is 11.3 Å². The van der Waals surface area contributed by atoms with Gasteiger partial charge in [-0.1, -0.05) is 28.1 Å². The Balaban J connectivity index is 2.20. The van der Waals surface area contributed by atoms with Crippen LogP contribution < -0.4 is 0 Å². The minimum atomic E-state index is -0.860. The van der Waals surface area contributed by atoms with Gasteiger partial charge < -0.3 is 10.0 Å². The van der Waals surface area contributed by atoms with E-state index in [0.717, 1.165) is 22.9 Å². The van der Waals surface area contributed by atoms with Gasteiger partial charge in [0, 0.05) is 17.6 Å². The van der Waals surface area contributed by atoms with E-state index in [1.54, 1.807) is 18.7 Å². The number of rotatable bonds is 5. The lowest BCUT2D eigenvalue weighted by molar-refractivity contribution is -0.136. The summed E-state index contributed by atoms with van der Waals surface area (Å²) in [5, 5.41) is 9.96. The molecule has 0 aromatic heterocycles. The molecular weight excluding hydrogens is 318 g/mol. The average Bonchev–Trinajstić information content (AvgIpc) is 3.16. The van der Waals surface area contributed by atoms with Crippen molar-refractivity contribution in [2.45, 2.75) is 44.6 Å². The number of nitrogens with zero attached hydrogens (tertiary/aromatic N) is 1. The maximum Gasteiger partial charge on any atom is 0.233 e. The second-order valence-corrected chi connectivity index (χ2v) is 7.14. The van der Waals surface area contributed by atoms with E-state index in [2.05, 4.69) is 15.9 Å². The molecule has 0 unspecified atom stereocenters. The molecule has 1 aromatic rings. The molecule has 0 spiro atoms. The maximum absolute atomic E-state index is 12.8. The SMILES string of the molecule is CCN(CC(C)(C)O)C(=O)C1(c2ccc(Br)cc2)CC1. The number of hydrogen-bond acceptors (Lipinski definition) is 2. The standard InChI is InChI=1S/C16H22BrNO2/c1-4-18(11-15(2,3)20)14(19)16(9-10-16)12-5-7-13(17)8-6-12/h5-8,20H,4,9-11H2,1-3H3. The van der Waals surface area contributed by atoms with Gasteiger partial charge in [0.2, 0.25) is 5.91 Å². The van der Waals surface area contributed by atoms with Gasteiger partial charge >= 0.3 is 0 Å². The average molecular weight is 340 g/mol. The summed E-state index contributed by atoms with van der Waals surface area (Å²) in [7, 11) is 0. The zero-order chi connectivity index (χ0) is 15.0. The van der Waals surface area contributed by atoms with Crippen molar-refractivity contribution in [2.75, 3.05) is 13.1 Å². The van der Waals surface area contributed by atoms with Crippen LogP contribution in [0.1, 0.15) is 39.2 Å². The van der Waals surface area contributed by atoms with Crippen molar-refractivity contribution in [3.05, 3.63) is 34.3 Å². The van der Waals surface area contributed by atoms with Gasteiger partial charge in [0.1, 0.15) is 0 Å². The fourth-order valence-electron chi connectivity index (χ4n) is 2.62. The van der Waals surface area contributed by atoms with E-state index in [4.69, 9.17) is 0 Å². The molecule has 20 heavy (non-hydrogen) atoms. The number of carbonyl (C=O) groups is 1. The molecule has 3 nitrogen and oxygen atoms in total. The Morgan fingerprint density at radius 2 is 1.90 bits per heavy atom. The second kappa shape index (κ2) is 5.49. The summed E-state index contributed by atoms with van der Waals surface area (Å²) in [6.07, 6.45) is 1.80. The van der Waals surface area contributed by atoms with Gasteiger partial charge in [-0.05, 0) is 51.3 Å². The summed E-state index contributed by atoms with van der Waals surface area (Å²) in [6.45, 7) is 6.44. The van der Waals surface area contributed by atoms with E-state index in [9.17, 15) is 9.90 Å². The molecule has 2 rings (SSSR count). The molecule has 4 heteroatoms. The van der Waals surface area contributed by atoms with Crippen molar-refractivity contribution in [3.63, 3.8) is 0 Å². The molecule has 1 aliphatic carbocycles. The first-order valence-corrected chi connectivity index (χ1v) is 7.85. The smallest absolute Gasteiger partial charge is 0.233 e. The molecule has 110 valence electrons. The quantitative estimate of drug-likeness (QED) is 0.895. The summed E-state index contributed by atoms with van der Waals surface area (Å²) < 4.78 is 1.02. The predicted octanol–water partition coefficient (Wildman–Crippen LogP) is 3.10. The van der Waals surface area contributed by atoms with Crippen LogP contribution in [-0.4, -0.2) is 34.6 Å². The Kier molecular flexibility index (Phi) is 4.26. The Morgan fingerprint density at radius 3 is 2.30 bits per heavy atom. The van der Waals surface area contributed by atoms with Crippen LogP contribution in [0.15, 0.2) is 28.7 Å². The molecule has 1 aromatic carbocycles. The zero-order valence-electron chi connectivity index (χ0n) is 12.3. The molecule has 0 aliphatic heterocycles. The van der Waals surface area contributed by atoms with Crippen LogP contribution in [0, 0.1) is 0 Å². The summed E-state index contributed by atoms with van der Waals surface area (Å²) >= 11 is 3.42. The molecule has 1 N–H and O–H groups in total. The van der Waals surface area contributed by atoms with Crippen molar-refractivity contribution in [1.29, 1.82) is 0 Å². The Labute approximate surface area is 129 Å². The molecule has 1 aliphatic rings. The molecule has 0 heterocycles. The Morgan fingerprint density at radius 1 is 1.35 bits per heavy atom. The predicted molar refractivity (Wildman–Crippen MR) is 83.6 cm³/mol. The molecule has 0 bridgehead atoms. The highest BCUT2D eigenvalue weighted by Crippen LogP contribution is 2.49. The molecule has 0 atom stereocenters. The number of likely N-dealkylation sites (N-methyl/N-ethyl adjacent to an activating group) is 1. The topological polar surface area (TPSA) is 40.5 Å². The minimum Gasteiger partial charge on any atom is -0.389 e. The van der Waals surface area contributed by atoms with E-state index in [1.165, 1.54) is 0 Å². The molecule has 0 radical (unpaired) electrons. The Bertz CT molecular complexity index is 486. The zero-order valence-corrected chi connectivity index (χ0v) is 13.9. The fourth-order valence-corrected chi connectivity index (χ4v) is 2.88.